The van der Waals surface area contributed by atoms with Gasteiger partial charge in [-0.1, -0.05) is 6.92 Å². The highest BCUT2D eigenvalue weighted by Crippen LogP contribution is 2.14. The molecule has 1 heterocycles. The smallest absolute Gasteiger partial charge is 0.251 e. The van der Waals surface area contributed by atoms with Gasteiger partial charge in [0, 0.05) is 29.0 Å². The molecule has 0 atom stereocenters. The number of anilines is 3. The number of nitrogens with one attached hydrogen (secondary N) is 4. The molecular formula is C24H26N4O4. The predicted octanol–water partition coefficient (Wildman–Crippen LogP) is 4.00. The minimum Gasteiger partial charge on any atom is -0.467 e. The van der Waals surface area contributed by atoms with Gasteiger partial charge in [0.1, 0.15) is 5.76 Å². The Morgan fingerprint density at radius 3 is 2.06 bits per heavy atom. The topological polar surface area (TPSA) is 112 Å². The van der Waals surface area contributed by atoms with Crippen molar-refractivity contribution in [1.82, 2.24) is 5.32 Å². The van der Waals surface area contributed by atoms with Crippen LogP contribution in [0.2, 0.25) is 0 Å². The molecule has 3 rings (SSSR count). The predicted molar refractivity (Wildman–Crippen MR) is 123 cm³/mol. The van der Waals surface area contributed by atoms with E-state index in [0.29, 0.717) is 35.7 Å². The lowest BCUT2D eigenvalue weighted by Crippen LogP contribution is -2.23. The van der Waals surface area contributed by atoms with Crippen molar-refractivity contribution in [1.29, 1.82) is 0 Å². The van der Waals surface area contributed by atoms with Crippen LogP contribution >= 0.6 is 0 Å². The van der Waals surface area contributed by atoms with Gasteiger partial charge >= 0.3 is 0 Å². The van der Waals surface area contributed by atoms with Crippen LogP contribution in [0, 0.1) is 0 Å². The molecule has 0 aliphatic carbocycles. The van der Waals surface area contributed by atoms with Crippen LogP contribution in [-0.2, 0) is 16.1 Å². The van der Waals surface area contributed by atoms with Crippen molar-refractivity contribution in [3.8, 4) is 0 Å². The zero-order valence-corrected chi connectivity index (χ0v) is 17.8. The van der Waals surface area contributed by atoms with Crippen molar-refractivity contribution in [2.24, 2.45) is 0 Å². The van der Waals surface area contributed by atoms with E-state index in [1.54, 1.807) is 66.9 Å². The van der Waals surface area contributed by atoms with Crippen molar-refractivity contribution >= 4 is 34.8 Å². The first kappa shape index (κ1) is 22.6. The molecule has 8 nitrogen and oxygen atoms in total. The first-order chi connectivity index (χ1) is 15.5. The summed E-state index contributed by atoms with van der Waals surface area (Å²) in [7, 11) is 0. The fourth-order valence-corrected chi connectivity index (χ4v) is 2.90. The lowest BCUT2D eigenvalue weighted by molar-refractivity contribution is -0.116. The maximum absolute atomic E-state index is 12.2. The van der Waals surface area contributed by atoms with Crippen LogP contribution in [-0.4, -0.2) is 24.3 Å². The zero-order valence-electron chi connectivity index (χ0n) is 17.8. The standard InChI is InChI=1S/C24H26N4O4/c1-2-4-22(29)27-20-12-10-18(11-13-20)25-16-23(30)28-19-8-6-17(7-9-19)24(31)26-15-21-5-3-14-32-21/h3,5-14,25H,2,4,15-16H2,1H3,(H,26,31)(H,27,29)(H,28,30). The summed E-state index contributed by atoms with van der Waals surface area (Å²) in [4.78, 5) is 36.0. The maximum atomic E-state index is 12.2. The van der Waals surface area contributed by atoms with Gasteiger partial charge in [-0.15, -0.1) is 0 Å². The highest BCUT2D eigenvalue weighted by Gasteiger charge is 2.08. The molecule has 0 spiro atoms. The van der Waals surface area contributed by atoms with E-state index in [2.05, 4.69) is 21.3 Å². The summed E-state index contributed by atoms with van der Waals surface area (Å²) in [6.45, 7) is 2.34. The lowest BCUT2D eigenvalue weighted by Gasteiger charge is -2.10. The van der Waals surface area contributed by atoms with Crippen LogP contribution in [0.3, 0.4) is 0 Å². The van der Waals surface area contributed by atoms with Gasteiger partial charge in [0.15, 0.2) is 0 Å². The average Bonchev–Trinajstić information content (AvgIpc) is 3.31. The molecule has 4 N–H and O–H groups in total. The molecule has 3 aromatic rings. The van der Waals surface area contributed by atoms with E-state index in [9.17, 15) is 14.4 Å². The summed E-state index contributed by atoms with van der Waals surface area (Å²) >= 11 is 0. The lowest BCUT2D eigenvalue weighted by atomic mass is 10.2. The zero-order chi connectivity index (χ0) is 22.8. The van der Waals surface area contributed by atoms with Gasteiger partial charge in [-0.3, -0.25) is 14.4 Å². The Kier molecular flexibility index (Phi) is 8.02. The third kappa shape index (κ3) is 7.02. The van der Waals surface area contributed by atoms with Gasteiger partial charge in [0.25, 0.3) is 5.91 Å². The van der Waals surface area contributed by atoms with Crippen LogP contribution < -0.4 is 21.3 Å². The number of benzene rings is 2. The molecule has 1 aromatic heterocycles. The Morgan fingerprint density at radius 1 is 0.812 bits per heavy atom. The van der Waals surface area contributed by atoms with Gasteiger partial charge in [-0.25, -0.2) is 0 Å². The monoisotopic (exact) mass is 434 g/mol. The fraction of sp³-hybridized carbons (Fsp3) is 0.208. The Morgan fingerprint density at radius 2 is 1.44 bits per heavy atom. The normalized spacial score (nSPS) is 10.3. The number of furan rings is 1. The van der Waals surface area contributed by atoms with Crippen molar-refractivity contribution in [3.05, 3.63) is 78.3 Å². The molecule has 166 valence electrons. The highest BCUT2D eigenvalue weighted by atomic mass is 16.3. The third-order valence-electron chi connectivity index (χ3n) is 4.53. The molecule has 0 unspecified atom stereocenters. The Balaban J connectivity index is 1.42. The van der Waals surface area contributed by atoms with E-state index in [-0.39, 0.29) is 24.3 Å². The summed E-state index contributed by atoms with van der Waals surface area (Å²) in [6, 6.07) is 17.3. The van der Waals surface area contributed by atoms with Gasteiger partial charge in [-0.2, -0.15) is 0 Å². The molecule has 0 bridgehead atoms. The largest absolute Gasteiger partial charge is 0.467 e. The summed E-state index contributed by atoms with van der Waals surface area (Å²) in [6.07, 6.45) is 2.83. The second-order valence-corrected chi connectivity index (χ2v) is 7.12. The van der Waals surface area contributed by atoms with E-state index in [1.165, 1.54) is 0 Å². The molecule has 32 heavy (non-hydrogen) atoms. The first-order valence-electron chi connectivity index (χ1n) is 10.4. The molecule has 0 aliphatic heterocycles. The van der Waals surface area contributed by atoms with Crippen molar-refractivity contribution < 1.29 is 18.8 Å². The summed E-state index contributed by atoms with van der Waals surface area (Å²) < 4.78 is 5.18. The highest BCUT2D eigenvalue weighted by molar-refractivity contribution is 5.96. The average molecular weight is 434 g/mol. The third-order valence-corrected chi connectivity index (χ3v) is 4.53. The number of rotatable bonds is 10. The van der Waals surface area contributed by atoms with E-state index < -0.39 is 0 Å². The quantitative estimate of drug-likeness (QED) is 0.385. The van der Waals surface area contributed by atoms with Crippen molar-refractivity contribution in [2.45, 2.75) is 26.3 Å². The van der Waals surface area contributed by atoms with E-state index in [4.69, 9.17) is 4.42 Å². The van der Waals surface area contributed by atoms with Crippen molar-refractivity contribution in [2.75, 3.05) is 22.5 Å². The molecule has 0 aliphatic rings. The Hall–Kier alpha value is -4.07. The number of hydrogen-bond donors (Lipinski definition) is 4. The first-order valence-corrected chi connectivity index (χ1v) is 10.4. The van der Waals surface area contributed by atoms with E-state index in [0.717, 1.165) is 12.1 Å². The molecule has 0 saturated heterocycles. The number of carbonyl (C=O) groups is 3. The molecule has 0 saturated carbocycles. The second kappa shape index (κ2) is 11.4. The summed E-state index contributed by atoms with van der Waals surface area (Å²) in [5, 5.41) is 11.4. The molecule has 8 heteroatoms. The summed E-state index contributed by atoms with van der Waals surface area (Å²) in [5.74, 6) is 0.204. The minimum atomic E-state index is -0.227. The van der Waals surface area contributed by atoms with Crippen LogP contribution in [0.25, 0.3) is 0 Å². The molecule has 0 radical (unpaired) electrons. The minimum absolute atomic E-state index is 0.0198. The molecule has 3 amide bonds. The van der Waals surface area contributed by atoms with E-state index >= 15 is 0 Å². The number of hydrogen-bond acceptors (Lipinski definition) is 5. The number of amides is 3. The van der Waals surface area contributed by atoms with Crippen LogP contribution in [0.15, 0.2) is 71.3 Å². The van der Waals surface area contributed by atoms with E-state index in [1.807, 2.05) is 6.92 Å². The van der Waals surface area contributed by atoms with Crippen LogP contribution in [0.5, 0.6) is 0 Å². The molecule has 2 aromatic carbocycles. The van der Waals surface area contributed by atoms with Gasteiger partial charge in [-0.05, 0) is 67.1 Å². The summed E-state index contributed by atoms with van der Waals surface area (Å²) in [5.41, 5.74) is 2.55. The SMILES string of the molecule is CCCC(=O)Nc1ccc(NCC(=O)Nc2ccc(C(=O)NCc3ccco3)cc2)cc1. The Bertz CT molecular complexity index is 1030. The second-order valence-electron chi connectivity index (χ2n) is 7.12. The molecular weight excluding hydrogens is 408 g/mol. The molecule has 0 fully saturated rings. The van der Waals surface area contributed by atoms with Crippen LogP contribution in [0.1, 0.15) is 35.9 Å². The maximum Gasteiger partial charge on any atom is 0.251 e. The number of carbonyl (C=O) groups excluding carboxylic acids is 3. The van der Waals surface area contributed by atoms with Crippen LogP contribution in [0.4, 0.5) is 17.1 Å². The van der Waals surface area contributed by atoms with Crippen molar-refractivity contribution in [3.63, 3.8) is 0 Å². The fourth-order valence-electron chi connectivity index (χ4n) is 2.90. The van der Waals surface area contributed by atoms with Gasteiger partial charge in [0.2, 0.25) is 11.8 Å². The van der Waals surface area contributed by atoms with Gasteiger partial charge < -0.3 is 25.7 Å². The Labute approximate surface area is 186 Å². The van der Waals surface area contributed by atoms with Gasteiger partial charge in [0.05, 0.1) is 19.4 Å².